The van der Waals surface area contributed by atoms with Gasteiger partial charge in [0.15, 0.2) is 0 Å². The largest absolute Gasteiger partial charge is 1.00 e. The van der Waals surface area contributed by atoms with Crippen LogP contribution in [0.5, 0.6) is 0 Å². The molecule has 0 aliphatic rings. The summed E-state index contributed by atoms with van der Waals surface area (Å²) in [7, 11) is 0. The molecule has 0 aliphatic carbocycles. The second kappa shape index (κ2) is 9.96. The van der Waals surface area contributed by atoms with Gasteiger partial charge in [-0.2, -0.15) is 0 Å². The molecule has 1 N–H and O–H groups in total. The number of rotatable bonds is 7. The van der Waals surface area contributed by atoms with Crippen LogP contribution in [-0.2, 0) is 11.2 Å². The van der Waals surface area contributed by atoms with Crippen molar-refractivity contribution in [3.05, 3.63) is 71.5 Å². The van der Waals surface area contributed by atoms with Crippen LogP contribution in [0.4, 0.5) is 0 Å². The number of thioether (sulfide) groups is 1. The van der Waals surface area contributed by atoms with E-state index in [9.17, 15) is 9.90 Å². The standard InChI is InChI=1S/C19H23NO2S.Li/c1-19(2,23-17-11-7-4-8-12-17)18(22)20-16(14-21)13-15-9-5-3-6-10-15;/h3-12,16,21H,13-14H2,1-2H3,(H,20,22);/q;+1/p-1/t16-;/m1./s1. The van der Waals surface area contributed by atoms with Gasteiger partial charge < -0.3 is 15.2 Å². The molecule has 0 aliphatic heterocycles. The van der Waals surface area contributed by atoms with Gasteiger partial charge >= 0.3 is 18.9 Å². The van der Waals surface area contributed by atoms with Gasteiger partial charge in [-0.25, -0.2) is 0 Å². The summed E-state index contributed by atoms with van der Waals surface area (Å²) in [6.45, 7) is 3.60. The number of nitrogens with zero attached hydrogens (tertiary/aromatic N) is 1. The number of hydrogen-bond donors (Lipinski definition) is 1. The molecule has 0 fully saturated rings. The summed E-state index contributed by atoms with van der Waals surface area (Å²) in [4.78, 5) is 13.6. The molecule has 1 atom stereocenters. The van der Waals surface area contributed by atoms with Crippen LogP contribution < -0.4 is 18.9 Å². The molecule has 2 aromatic rings. The monoisotopic (exact) mass is 335 g/mol. The minimum Gasteiger partial charge on any atom is -0.647 e. The van der Waals surface area contributed by atoms with E-state index < -0.39 is 10.8 Å². The summed E-state index contributed by atoms with van der Waals surface area (Å²) >= 11 is 1.49. The number of carbonyl (C=O) groups excluding carboxylic acids is 1. The van der Waals surface area contributed by atoms with Crippen LogP contribution in [0.15, 0.2) is 65.6 Å². The fraction of sp³-hybridized carbons (Fsp3) is 0.316. The Morgan fingerprint density at radius 2 is 1.62 bits per heavy atom. The summed E-state index contributed by atoms with van der Waals surface area (Å²) in [6.07, 6.45) is 0.565. The first-order chi connectivity index (χ1) is 11.0. The molecule has 0 bridgehead atoms. The molecule has 0 unspecified atom stereocenters. The predicted octanol–water partition coefficient (Wildman–Crippen LogP) is 1.07. The molecular weight excluding hydrogens is 313 g/mol. The van der Waals surface area contributed by atoms with Crippen molar-refractivity contribution >= 4 is 17.7 Å². The van der Waals surface area contributed by atoms with Gasteiger partial charge in [0.25, 0.3) is 0 Å². The van der Waals surface area contributed by atoms with E-state index in [1.807, 2.05) is 74.5 Å². The third-order valence-corrected chi connectivity index (χ3v) is 4.65. The van der Waals surface area contributed by atoms with Gasteiger partial charge in [0.2, 0.25) is 0 Å². The van der Waals surface area contributed by atoms with Crippen molar-refractivity contribution < 1.29 is 28.8 Å². The van der Waals surface area contributed by atoms with Crippen molar-refractivity contribution in [2.24, 2.45) is 0 Å². The Kier molecular flexibility index (Phi) is 8.65. The zero-order chi connectivity index (χ0) is 16.7. The second-order valence-corrected chi connectivity index (χ2v) is 7.58. The summed E-state index contributed by atoms with van der Waals surface area (Å²) in [5.74, 6) is -0.193. The van der Waals surface area contributed by atoms with Gasteiger partial charge in [-0.3, -0.25) is 0 Å². The van der Waals surface area contributed by atoms with Crippen LogP contribution in [0.2, 0.25) is 0 Å². The summed E-state index contributed by atoms with van der Waals surface area (Å²) in [5.41, 5.74) is 1.07. The van der Waals surface area contributed by atoms with E-state index in [0.717, 1.165) is 10.5 Å². The molecule has 5 heteroatoms. The second-order valence-electron chi connectivity index (χ2n) is 5.89. The Morgan fingerprint density at radius 1 is 1.08 bits per heavy atom. The number of benzene rings is 2. The van der Waals surface area contributed by atoms with Crippen molar-refractivity contribution in [1.82, 2.24) is 0 Å². The van der Waals surface area contributed by atoms with Gasteiger partial charge in [-0.1, -0.05) is 54.6 Å². The Bertz CT molecular complexity index is 620. The SMILES string of the molecule is CC(C)(Sc1ccccc1)C(=O)[N-][C@@H](CO)Cc1ccccc1.[Li+]. The summed E-state index contributed by atoms with van der Waals surface area (Å²) in [6, 6.07) is 19.2. The van der Waals surface area contributed by atoms with Gasteiger partial charge in [-0.15, -0.1) is 11.8 Å². The first-order valence-electron chi connectivity index (χ1n) is 7.65. The van der Waals surface area contributed by atoms with Gasteiger partial charge in [-0.05, 0) is 38.0 Å². The molecule has 2 aromatic carbocycles. The normalized spacial score (nSPS) is 12.1. The molecule has 3 nitrogen and oxygen atoms in total. The number of aliphatic hydroxyl groups is 1. The fourth-order valence-corrected chi connectivity index (χ4v) is 3.21. The quantitative estimate of drug-likeness (QED) is 0.608. The Morgan fingerprint density at radius 3 is 2.17 bits per heavy atom. The van der Waals surface area contributed by atoms with Crippen LogP contribution in [0.25, 0.3) is 5.32 Å². The fourth-order valence-electron chi connectivity index (χ4n) is 2.19. The van der Waals surface area contributed by atoms with Crippen LogP contribution in [0, 0.1) is 0 Å². The predicted molar refractivity (Wildman–Crippen MR) is 95.8 cm³/mol. The third-order valence-electron chi connectivity index (χ3n) is 3.46. The first kappa shape index (κ1) is 20.9. The molecule has 0 saturated carbocycles. The topological polar surface area (TPSA) is 51.4 Å². The zero-order valence-corrected chi connectivity index (χ0v) is 15.3. The van der Waals surface area contributed by atoms with E-state index in [1.165, 1.54) is 11.8 Å². The molecule has 0 spiro atoms. The molecule has 0 heterocycles. The van der Waals surface area contributed by atoms with Crippen molar-refractivity contribution in [1.29, 1.82) is 0 Å². The molecule has 122 valence electrons. The summed E-state index contributed by atoms with van der Waals surface area (Å²) in [5, 5.41) is 13.8. The van der Waals surface area contributed by atoms with E-state index in [1.54, 1.807) is 0 Å². The number of aliphatic hydroxyl groups excluding tert-OH is 1. The zero-order valence-electron chi connectivity index (χ0n) is 14.5. The molecule has 24 heavy (non-hydrogen) atoms. The molecule has 0 radical (unpaired) electrons. The average Bonchev–Trinajstić information content (AvgIpc) is 2.55. The summed E-state index contributed by atoms with van der Waals surface area (Å²) < 4.78 is -0.661. The Hall–Kier alpha value is -1.18. The maximum absolute atomic E-state index is 12.5. The molecule has 1 amide bonds. The van der Waals surface area contributed by atoms with E-state index in [2.05, 4.69) is 5.32 Å². The van der Waals surface area contributed by atoms with Gasteiger partial charge in [0.05, 0.1) is 10.7 Å². The minimum atomic E-state index is -0.661. The van der Waals surface area contributed by atoms with E-state index in [0.29, 0.717) is 6.42 Å². The van der Waals surface area contributed by atoms with E-state index in [4.69, 9.17) is 0 Å². The third kappa shape index (κ3) is 6.37. The average molecular weight is 335 g/mol. The number of hydrogen-bond acceptors (Lipinski definition) is 3. The van der Waals surface area contributed by atoms with Crippen molar-refractivity contribution in [2.45, 2.75) is 36.0 Å². The molecular formula is C19H22LiNO2S. The van der Waals surface area contributed by atoms with Gasteiger partial charge in [0, 0.05) is 11.5 Å². The van der Waals surface area contributed by atoms with Gasteiger partial charge in [0.1, 0.15) is 0 Å². The minimum absolute atomic E-state index is 0. The molecule has 2 rings (SSSR count). The van der Waals surface area contributed by atoms with Crippen LogP contribution in [0.1, 0.15) is 19.4 Å². The smallest absolute Gasteiger partial charge is 0.647 e. The van der Waals surface area contributed by atoms with Crippen molar-refractivity contribution in [2.75, 3.05) is 6.61 Å². The number of carbonyl (C=O) groups is 1. The maximum Gasteiger partial charge on any atom is 1.00 e. The van der Waals surface area contributed by atoms with Crippen molar-refractivity contribution in [3.63, 3.8) is 0 Å². The molecule has 0 saturated heterocycles. The first-order valence-corrected chi connectivity index (χ1v) is 8.47. The Balaban J connectivity index is 0.00000288. The maximum atomic E-state index is 12.5. The van der Waals surface area contributed by atoms with Crippen LogP contribution in [0.3, 0.4) is 0 Å². The van der Waals surface area contributed by atoms with Crippen LogP contribution in [-0.4, -0.2) is 28.4 Å². The Labute approximate surface area is 160 Å². The van der Waals surface area contributed by atoms with Crippen molar-refractivity contribution in [3.8, 4) is 0 Å². The van der Waals surface area contributed by atoms with Crippen LogP contribution >= 0.6 is 11.8 Å². The van der Waals surface area contributed by atoms with E-state index >= 15 is 0 Å². The molecule has 0 aromatic heterocycles. The number of amides is 1. The van der Waals surface area contributed by atoms with E-state index in [-0.39, 0.29) is 31.4 Å².